The predicted octanol–water partition coefficient (Wildman–Crippen LogP) is 8.05. The molecule has 0 aliphatic rings. The Morgan fingerprint density at radius 3 is 1.32 bits per heavy atom. The lowest BCUT2D eigenvalue weighted by Crippen LogP contribution is -2.11. The summed E-state index contributed by atoms with van der Waals surface area (Å²) in [5.41, 5.74) is 8.79. The zero-order valence-electron chi connectivity index (χ0n) is 23.1. The third kappa shape index (κ3) is 6.00. The predicted molar refractivity (Wildman–Crippen MR) is 163 cm³/mol. The first-order valence-corrected chi connectivity index (χ1v) is 13.1. The normalized spacial score (nSPS) is 11.8. The summed E-state index contributed by atoms with van der Waals surface area (Å²) in [7, 11) is 3.34. The van der Waals surface area contributed by atoms with Crippen molar-refractivity contribution in [3.8, 4) is 11.5 Å². The molecule has 0 aliphatic carbocycles. The van der Waals surface area contributed by atoms with Crippen LogP contribution in [-0.4, -0.2) is 30.6 Å². The van der Waals surface area contributed by atoms with Gasteiger partial charge in [-0.1, -0.05) is 66.7 Å². The number of aliphatic imine (C=N–C) groups is 2. The van der Waals surface area contributed by atoms with Crippen molar-refractivity contribution in [1.29, 1.82) is 0 Å². The van der Waals surface area contributed by atoms with E-state index in [0.717, 1.165) is 67.9 Å². The average Bonchev–Trinajstić information content (AvgIpc) is 3.00. The quantitative estimate of drug-likeness (QED) is 0.193. The number of methoxy groups -OCH3 is 2. The molecule has 0 saturated heterocycles. The van der Waals surface area contributed by atoms with Crippen molar-refractivity contribution in [2.45, 2.75) is 13.8 Å². The summed E-state index contributed by atoms with van der Waals surface area (Å²) >= 11 is 0. The maximum Gasteiger partial charge on any atom is 0.119 e. The number of aromatic nitrogens is 1. The lowest BCUT2D eigenvalue weighted by molar-refractivity contribution is 0.414. The molecule has 1 aromatic heterocycles. The van der Waals surface area contributed by atoms with E-state index in [1.807, 2.05) is 105 Å². The van der Waals surface area contributed by atoms with Gasteiger partial charge in [-0.25, -0.2) is 15.0 Å². The number of pyridine rings is 1. The van der Waals surface area contributed by atoms with Gasteiger partial charge in [0.1, 0.15) is 11.5 Å². The summed E-state index contributed by atoms with van der Waals surface area (Å²) in [5.74, 6) is 1.60. The highest BCUT2D eigenvalue weighted by molar-refractivity contribution is 6.16. The SMILES string of the molecule is COc1ccc(N=C(c2ccccc2)c2cccc(C(=Nc3ccc(OC)cc3C)c3ccccc3)n2)c(C)c1. The van der Waals surface area contributed by atoms with E-state index in [-0.39, 0.29) is 0 Å². The molecule has 0 fully saturated rings. The molecule has 4 aromatic carbocycles. The van der Waals surface area contributed by atoms with Crippen molar-refractivity contribution in [3.63, 3.8) is 0 Å². The largest absolute Gasteiger partial charge is 0.497 e. The maximum atomic E-state index is 5.40. The molecule has 0 unspecified atom stereocenters. The summed E-state index contributed by atoms with van der Waals surface area (Å²) in [6.07, 6.45) is 0. The second kappa shape index (κ2) is 12.2. The van der Waals surface area contributed by atoms with E-state index in [2.05, 4.69) is 24.3 Å². The lowest BCUT2D eigenvalue weighted by atomic mass is 10.0. The van der Waals surface area contributed by atoms with E-state index in [1.54, 1.807) is 14.2 Å². The van der Waals surface area contributed by atoms with Gasteiger partial charge in [0.05, 0.1) is 48.4 Å². The zero-order valence-corrected chi connectivity index (χ0v) is 23.1. The van der Waals surface area contributed by atoms with Gasteiger partial charge in [0.15, 0.2) is 0 Å². The van der Waals surface area contributed by atoms with Crippen LogP contribution in [-0.2, 0) is 0 Å². The molecule has 5 rings (SSSR count). The van der Waals surface area contributed by atoms with E-state index in [4.69, 9.17) is 24.4 Å². The maximum absolute atomic E-state index is 5.40. The van der Waals surface area contributed by atoms with Crippen molar-refractivity contribution in [3.05, 3.63) is 149 Å². The summed E-state index contributed by atoms with van der Waals surface area (Å²) in [6.45, 7) is 4.07. The van der Waals surface area contributed by atoms with Gasteiger partial charge in [-0.05, 0) is 73.5 Å². The van der Waals surface area contributed by atoms with Crippen molar-refractivity contribution < 1.29 is 9.47 Å². The summed E-state index contributed by atoms with van der Waals surface area (Å²) in [5, 5.41) is 0. The van der Waals surface area contributed by atoms with E-state index < -0.39 is 0 Å². The van der Waals surface area contributed by atoms with E-state index >= 15 is 0 Å². The fraction of sp³-hybridized carbons (Fsp3) is 0.114. The smallest absolute Gasteiger partial charge is 0.119 e. The van der Waals surface area contributed by atoms with Gasteiger partial charge < -0.3 is 9.47 Å². The first-order valence-electron chi connectivity index (χ1n) is 13.1. The molecule has 198 valence electrons. The van der Waals surface area contributed by atoms with Crippen LogP contribution in [0.25, 0.3) is 0 Å². The molecule has 40 heavy (non-hydrogen) atoms. The Bertz CT molecular complexity index is 1550. The first-order chi connectivity index (χ1) is 19.6. The second-order valence-electron chi connectivity index (χ2n) is 9.37. The van der Waals surface area contributed by atoms with Gasteiger partial charge in [0.2, 0.25) is 0 Å². The Hall–Kier alpha value is -5.03. The Kier molecular flexibility index (Phi) is 8.12. The van der Waals surface area contributed by atoms with Crippen LogP contribution in [0, 0.1) is 13.8 Å². The van der Waals surface area contributed by atoms with E-state index in [1.165, 1.54) is 0 Å². The fourth-order valence-corrected chi connectivity index (χ4v) is 4.43. The Balaban J connectivity index is 1.67. The number of benzene rings is 4. The van der Waals surface area contributed by atoms with Crippen LogP contribution >= 0.6 is 0 Å². The summed E-state index contributed by atoms with van der Waals surface area (Å²) in [6, 6.07) is 38.1. The minimum atomic E-state index is 0.758. The molecule has 0 radical (unpaired) electrons. The zero-order chi connectivity index (χ0) is 27.9. The lowest BCUT2D eigenvalue weighted by Gasteiger charge is -2.13. The molecule has 0 atom stereocenters. The second-order valence-corrected chi connectivity index (χ2v) is 9.37. The van der Waals surface area contributed by atoms with Crippen LogP contribution in [0.2, 0.25) is 0 Å². The van der Waals surface area contributed by atoms with Crippen LogP contribution in [0.3, 0.4) is 0 Å². The monoisotopic (exact) mass is 525 g/mol. The number of hydrogen-bond acceptors (Lipinski definition) is 5. The average molecular weight is 526 g/mol. The molecule has 0 amide bonds. The highest BCUT2D eigenvalue weighted by Gasteiger charge is 2.15. The highest BCUT2D eigenvalue weighted by Crippen LogP contribution is 2.28. The molecular formula is C35H31N3O2. The molecular weight excluding hydrogens is 494 g/mol. The van der Waals surface area contributed by atoms with Crippen LogP contribution in [0.1, 0.15) is 33.6 Å². The van der Waals surface area contributed by atoms with E-state index in [9.17, 15) is 0 Å². The van der Waals surface area contributed by atoms with Gasteiger partial charge in [-0.3, -0.25) is 0 Å². The van der Waals surface area contributed by atoms with Crippen LogP contribution in [0.15, 0.2) is 125 Å². The number of ether oxygens (including phenoxy) is 2. The minimum absolute atomic E-state index is 0.758. The van der Waals surface area contributed by atoms with Gasteiger partial charge in [0.25, 0.3) is 0 Å². The minimum Gasteiger partial charge on any atom is -0.497 e. The van der Waals surface area contributed by atoms with Gasteiger partial charge >= 0.3 is 0 Å². The van der Waals surface area contributed by atoms with Crippen molar-refractivity contribution in [2.24, 2.45) is 9.98 Å². The Morgan fingerprint density at radius 2 is 0.950 bits per heavy atom. The molecule has 0 spiro atoms. The Morgan fingerprint density at radius 1 is 0.525 bits per heavy atom. The standard InChI is InChI=1S/C35H31N3O2/c1-24-22-28(39-3)18-20-30(24)37-34(26-12-7-5-8-13-26)32-16-11-17-33(36-32)35(27-14-9-6-10-15-27)38-31-21-19-29(40-4)23-25(31)2/h5-23H,1-4H3. The molecule has 0 bridgehead atoms. The van der Waals surface area contributed by atoms with Crippen molar-refractivity contribution >= 4 is 22.8 Å². The van der Waals surface area contributed by atoms with Crippen molar-refractivity contribution in [2.75, 3.05) is 14.2 Å². The van der Waals surface area contributed by atoms with Crippen LogP contribution in [0.5, 0.6) is 11.5 Å². The summed E-state index contributed by atoms with van der Waals surface area (Å²) < 4.78 is 10.8. The van der Waals surface area contributed by atoms with E-state index in [0.29, 0.717) is 0 Å². The van der Waals surface area contributed by atoms with Crippen LogP contribution in [0.4, 0.5) is 11.4 Å². The molecule has 0 aliphatic heterocycles. The Labute approximate surface area is 235 Å². The molecule has 1 heterocycles. The third-order valence-corrected chi connectivity index (χ3v) is 6.60. The number of aryl methyl sites for hydroxylation is 2. The molecule has 5 aromatic rings. The molecule has 5 nitrogen and oxygen atoms in total. The van der Waals surface area contributed by atoms with Gasteiger partial charge in [-0.2, -0.15) is 0 Å². The number of nitrogens with zero attached hydrogens (tertiary/aromatic N) is 3. The summed E-state index contributed by atoms with van der Waals surface area (Å²) in [4.78, 5) is 15.4. The molecule has 0 N–H and O–H groups in total. The molecule has 5 heteroatoms. The third-order valence-electron chi connectivity index (χ3n) is 6.60. The highest BCUT2D eigenvalue weighted by atomic mass is 16.5. The van der Waals surface area contributed by atoms with Gasteiger partial charge in [0, 0.05) is 11.1 Å². The molecule has 0 saturated carbocycles. The first kappa shape index (κ1) is 26.6. The topological polar surface area (TPSA) is 56.1 Å². The van der Waals surface area contributed by atoms with Gasteiger partial charge in [-0.15, -0.1) is 0 Å². The number of rotatable bonds is 8. The van der Waals surface area contributed by atoms with Crippen LogP contribution < -0.4 is 9.47 Å². The van der Waals surface area contributed by atoms with Crippen molar-refractivity contribution in [1.82, 2.24) is 4.98 Å². The fourth-order valence-electron chi connectivity index (χ4n) is 4.43. The number of hydrogen-bond donors (Lipinski definition) is 0.